The Balaban J connectivity index is 2.38. The summed E-state index contributed by atoms with van der Waals surface area (Å²) in [6, 6.07) is 14.3. The molecule has 0 spiro atoms. The molecule has 2 heteroatoms. The van der Waals surface area contributed by atoms with Crippen molar-refractivity contribution < 1.29 is 5.11 Å². The van der Waals surface area contributed by atoms with Crippen LogP contribution < -0.4 is 5.73 Å². The highest BCUT2D eigenvalue weighted by atomic mass is 16.3. The van der Waals surface area contributed by atoms with E-state index in [2.05, 4.69) is 24.3 Å². The molecule has 0 bridgehead atoms. The predicted octanol–water partition coefficient (Wildman–Crippen LogP) is 2.22. The fraction of sp³-hybridized carbons (Fsp3) is 0.231. The van der Waals surface area contributed by atoms with Gasteiger partial charge < -0.3 is 10.8 Å². The summed E-state index contributed by atoms with van der Waals surface area (Å²) in [5.41, 5.74) is 7.02. The Morgan fingerprint density at radius 2 is 1.80 bits per heavy atom. The van der Waals surface area contributed by atoms with E-state index in [4.69, 9.17) is 10.8 Å². The van der Waals surface area contributed by atoms with E-state index in [1.54, 1.807) is 0 Å². The monoisotopic (exact) mass is 201 g/mol. The molecule has 2 aromatic rings. The van der Waals surface area contributed by atoms with Crippen LogP contribution in [0, 0.1) is 0 Å². The maximum Gasteiger partial charge on any atom is 0.0449 e. The van der Waals surface area contributed by atoms with Gasteiger partial charge in [-0.15, -0.1) is 0 Å². The van der Waals surface area contributed by atoms with Crippen molar-refractivity contribution in [2.24, 2.45) is 5.73 Å². The number of benzene rings is 2. The van der Waals surface area contributed by atoms with Gasteiger partial charge in [0.2, 0.25) is 0 Å². The summed E-state index contributed by atoms with van der Waals surface area (Å²) in [7, 11) is 0. The van der Waals surface area contributed by atoms with E-state index in [0.717, 1.165) is 5.56 Å². The molecule has 0 aliphatic heterocycles. The van der Waals surface area contributed by atoms with Gasteiger partial charge in [-0.05, 0) is 28.8 Å². The zero-order chi connectivity index (χ0) is 10.7. The molecule has 3 N–H and O–H groups in total. The van der Waals surface area contributed by atoms with Gasteiger partial charge in [-0.25, -0.2) is 0 Å². The number of nitrogens with two attached hydrogens (primary N) is 1. The van der Waals surface area contributed by atoms with Crippen molar-refractivity contribution in [3.8, 4) is 0 Å². The summed E-state index contributed by atoms with van der Waals surface area (Å²) in [6.07, 6.45) is 0.609. The Kier molecular flexibility index (Phi) is 2.99. The highest BCUT2D eigenvalue weighted by molar-refractivity contribution is 5.83. The number of hydrogen-bond donors (Lipinski definition) is 2. The van der Waals surface area contributed by atoms with Gasteiger partial charge in [-0.2, -0.15) is 0 Å². The molecule has 0 aromatic heterocycles. The third-order valence-electron chi connectivity index (χ3n) is 2.64. The molecule has 0 unspecified atom stereocenters. The van der Waals surface area contributed by atoms with Crippen LogP contribution in [0.25, 0.3) is 10.8 Å². The molecule has 1 atom stereocenters. The smallest absolute Gasteiger partial charge is 0.0449 e. The van der Waals surface area contributed by atoms with Crippen LogP contribution >= 0.6 is 0 Å². The van der Waals surface area contributed by atoms with Crippen LogP contribution in [0.4, 0.5) is 0 Å². The van der Waals surface area contributed by atoms with Gasteiger partial charge in [-0.1, -0.05) is 36.4 Å². The minimum Gasteiger partial charge on any atom is -0.396 e. The third kappa shape index (κ3) is 2.17. The van der Waals surface area contributed by atoms with Crippen LogP contribution in [0.5, 0.6) is 0 Å². The zero-order valence-corrected chi connectivity index (χ0v) is 8.56. The average molecular weight is 201 g/mol. The number of aliphatic hydroxyl groups excluding tert-OH is 1. The van der Waals surface area contributed by atoms with Crippen molar-refractivity contribution in [2.45, 2.75) is 12.5 Å². The summed E-state index contributed by atoms with van der Waals surface area (Å²) in [5, 5.41) is 11.2. The second-order valence-electron chi connectivity index (χ2n) is 3.73. The SMILES string of the molecule is N[C@@H](CCO)c1ccc2ccccc2c1. The van der Waals surface area contributed by atoms with Gasteiger partial charge in [0.1, 0.15) is 0 Å². The van der Waals surface area contributed by atoms with Gasteiger partial charge in [0.25, 0.3) is 0 Å². The number of rotatable bonds is 3. The first kappa shape index (κ1) is 10.1. The van der Waals surface area contributed by atoms with Crippen LogP contribution in [0.1, 0.15) is 18.0 Å². The first-order chi connectivity index (χ1) is 7.31. The molecule has 0 saturated carbocycles. The molecule has 0 heterocycles. The normalized spacial score (nSPS) is 12.9. The molecule has 2 rings (SSSR count). The highest BCUT2D eigenvalue weighted by Gasteiger charge is 2.05. The lowest BCUT2D eigenvalue weighted by Crippen LogP contribution is -2.11. The fourth-order valence-electron chi connectivity index (χ4n) is 1.74. The summed E-state index contributed by atoms with van der Waals surface area (Å²) < 4.78 is 0. The minimum atomic E-state index is -0.0698. The van der Waals surface area contributed by atoms with Crippen LogP contribution in [-0.4, -0.2) is 11.7 Å². The second kappa shape index (κ2) is 4.43. The Hall–Kier alpha value is -1.38. The summed E-state index contributed by atoms with van der Waals surface area (Å²) >= 11 is 0. The maximum atomic E-state index is 8.83. The molecule has 0 aliphatic rings. The van der Waals surface area contributed by atoms with E-state index in [9.17, 15) is 0 Å². The van der Waals surface area contributed by atoms with Gasteiger partial charge in [0, 0.05) is 12.6 Å². The standard InChI is InChI=1S/C13H15NO/c14-13(7-8-15)12-6-5-10-3-1-2-4-11(10)9-12/h1-6,9,13,15H,7-8,14H2/t13-/m0/s1. The van der Waals surface area contributed by atoms with E-state index >= 15 is 0 Å². The molecule has 78 valence electrons. The van der Waals surface area contributed by atoms with E-state index in [0.29, 0.717) is 6.42 Å². The molecule has 2 nitrogen and oxygen atoms in total. The van der Waals surface area contributed by atoms with Crippen LogP contribution in [0.15, 0.2) is 42.5 Å². The van der Waals surface area contributed by atoms with Gasteiger partial charge in [0.15, 0.2) is 0 Å². The number of aliphatic hydroxyl groups is 1. The summed E-state index contributed by atoms with van der Waals surface area (Å²) in [4.78, 5) is 0. The van der Waals surface area contributed by atoms with Crippen molar-refractivity contribution in [3.63, 3.8) is 0 Å². The van der Waals surface area contributed by atoms with Crippen LogP contribution in [-0.2, 0) is 0 Å². The van der Waals surface area contributed by atoms with Gasteiger partial charge in [-0.3, -0.25) is 0 Å². The van der Waals surface area contributed by atoms with Crippen molar-refractivity contribution in [1.82, 2.24) is 0 Å². The molecule has 0 saturated heterocycles. The summed E-state index contributed by atoms with van der Waals surface area (Å²) in [5.74, 6) is 0. The number of hydrogen-bond acceptors (Lipinski definition) is 2. The van der Waals surface area contributed by atoms with E-state index in [1.807, 2.05) is 18.2 Å². The van der Waals surface area contributed by atoms with Crippen LogP contribution in [0.2, 0.25) is 0 Å². The zero-order valence-electron chi connectivity index (χ0n) is 8.56. The molecule has 0 amide bonds. The molecule has 0 radical (unpaired) electrons. The maximum absolute atomic E-state index is 8.83. The van der Waals surface area contributed by atoms with Gasteiger partial charge in [0.05, 0.1) is 0 Å². The lowest BCUT2D eigenvalue weighted by Gasteiger charge is -2.11. The van der Waals surface area contributed by atoms with Crippen molar-refractivity contribution in [1.29, 1.82) is 0 Å². The third-order valence-corrected chi connectivity index (χ3v) is 2.64. The Morgan fingerprint density at radius 1 is 1.07 bits per heavy atom. The largest absolute Gasteiger partial charge is 0.396 e. The first-order valence-corrected chi connectivity index (χ1v) is 5.16. The molecular formula is C13H15NO. The Morgan fingerprint density at radius 3 is 2.53 bits per heavy atom. The van der Waals surface area contributed by atoms with Gasteiger partial charge >= 0.3 is 0 Å². The lowest BCUT2D eigenvalue weighted by molar-refractivity contribution is 0.276. The van der Waals surface area contributed by atoms with E-state index in [-0.39, 0.29) is 12.6 Å². The highest BCUT2D eigenvalue weighted by Crippen LogP contribution is 2.20. The molecular weight excluding hydrogens is 186 g/mol. The van der Waals surface area contributed by atoms with Crippen molar-refractivity contribution >= 4 is 10.8 Å². The van der Waals surface area contributed by atoms with Crippen LogP contribution in [0.3, 0.4) is 0 Å². The first-order valence-electron chi connectivity index (χ1n) is 5.16. The Bertz CT molecular complexity index is 453. The molecule has 0 fully saturated rings. The second-order valence-corrected chi connectivity index (χ2v) is 3.73. The summed E-state index contributed by atoms with van der Waals surface area (Å²) in [6.45, 7) is 0.133. The van der Waals surface area contributed by atoms with E-state index in [1.165, 1.54) is 10.8 Å². The number of fused-ring (bicyclic) bond motifs is 1. The van der Waals surface area contributed by atoms with Crippen molar-refractivity contribution in [2.75, 3.05) is 6.61 Å². The lowest BCUT2D eigenvalue weighted by atomic mass is 10.0. The topological polar surface area (TPSA) is 46.2 Å². The minimum absolute atomic E-state index is 0.0698. The van der Waals surface area contributed by atoms with E-state index < -0.39 is 0 Å². The Labute approximate surface area is 89.3 Å². The fourth-order valence-corrected chi connectivity index (χ4v) is 1.74. The molecule has 2 aromatic carbocycles. The predicted molar refractivity (Wildman–Crippen MR) is 62.6 cm³/mol. The average Bonchev–Trinajstić information content (AvgIpc) is 2.29. The molecule has 15 heavy (non-hydrogen) atoms. The van der Waals surface area contributed by atoms with Crippen molar-refractivity contribution in [3.05, 3.63) is 48.0 Å². The quantitative estimate of drug-likeness (QED) is 0.799. The molecule has 0 aliphatic carbocycles.